The monoisotopic (exact) mass is 358 g/mol. The number of nitrogen functional groups attached to an aromatic ring is 1. The first-order chi connectivity index (χ1) is 12.7. The van der Waals surface area contributed by atoms with E-state index in [1.807, 2.05) is 24.3 Å². The lowest BCUT2D eigenvalue weighted by Crippen LogP contribution is -1.99. The van der Waals surface area contributed by atoms with Crippen molar-refractivity contribution >= 4 is 16.6 Å². The predicted molar refractivity (Wildman–Crippen MR) is 115 cm³/mol. The minimum absolute atomic E-state index is 0.721. The van der Waals surface area contributed by atoms with Crippen molar-refractivity contribution in [3.63, 3.8) is 0 Å². The third kappa shape index (κ3) is 9.07. The second-order valence-electron chi connectivity index (χ2n) is 6.92. The third-order valence-corrected chi connectivity index (χ3v) is 4.40. The topological polar surface area (TPSA) is 48.1 Å². The van der Waals surface area contributed by atoms with E-state index in [9.17, 15) is 0 Å². The Labute approximate surface area is 160 Å². The number of fused-ring (bicyclic) bond motifs is 1. The third-order valence-electron chi connectivity index (χ3n) is 4.40. The lowest BCUT2D eigenvalue weighted by molar-refractivity contribution is 0.308. The van der Waals surface area contributed by atoms with E-state index in [1.165, 1.54) is 57.8 Å². The van der Waals surface area contributed by atoms with Gasteiger partial charge in [-0.05, 0) is 18.6 Å². The van der Waals surface area contributed by atoms with Crippen molar-refractivity contribution in [1.82, 2.24) is 4.98 Å². The Bertz CT molecular complexity index is 592. The van der Waals surface area contributed by atoms with Crippen molar-refractivity contribution in [2.24, 2.45) is 0 Å². The molecule has 0 spiro atoms. The van der Waals surface area contributed by atoms with Gasteiger partial charge in [-0.15, -0.1) is 0 Å². The van der Waals surface area contributed by atoms with Crippen molar-refractivity contribution in [3.05, 3.63) is 30.5 Å². The molecule has 0 bridgehead atoms. The molecule has 1 aromatic heterocycles. The maximum atomic E-state index is 5.87. The van der Waals surface area contributed by atoms with Crippen molar-refractivity contribution < 1.29 is 4.74 Å². The lowest BCUT2D eigenvalue weighted by Gasteiger charge is -2.09. The van der Waals surface area contributed by atoms with Gasteiger partial charge in [-0.3, -0.25) is 4.98 Å². The highest BCUT2D eigenvalue weighted by atomic mass is 16.5. The molecule has 3 heteroatoms. The summed E-state index contributed by atoms with van der Waals surface area (Å²) in [4.78, 5) is 4.36. The number of nitrogens with zero attached hydrogens (tertiary/aromatic N) is 1. The zero-order valence-electron chi connectivity index (χ0n) is 17.1. The minimum Gasteiger partial charge on any atom is -0.491 e. The van der Waals surface area contributed by atoms with E-state index in [1.54, 1.807) is 6.20 Å². The van der Waals surface area contributed by atoms with Crippen LogP contribution in [-0.2, 0) is 0 Å². The van der Waals surface area contributed by atoms with Gasteiger partial charge in [0, 0.05) is 23.3 Å². The molecule has 0 fully saturated rings. The van der Waals surface area contributed by atoms with Crippen LogP contribution in [0.4, 0.5) is 5.69 Å². The average molecular weight is 359 g/mol. The highest BCUT2D eigenvalue weighted by Crippen LogP contribution is 2.27. The first-order valence-electron chi connectivity index (χ1n) is 10.5. The molecule has 2 aromatic rings. The van der Waals surface area contributed by atoms with Crippen LogP contribution in [0.15, 0.2) is 30.5 Å². The molecule has 0 saturated heterocycles. The van der Waals surface area contributed by atoms with Gasteiger partial charge in [-0.25, -0.2) is 0 Å². The summed E-state index contributed by atoms with van der Waals surface area (Å²) in [6.07, 6.45) is 15.1. The van der Waals surface area contributed by atoms with Crippen LogP contribution >= 0.6 is 0 Å². The average Bonchev–Trinajstić information content (AvgIpc) is 2.65. The number of ether oxygens (including phenoxy) is 1. The van der Waals surface area contributed by atoms with E-state index in [4.69, 9.17) is 10.5 Å². The summed E-state index contributed by atoms with van der Waals surface area (Å²) >= 11 is 0. The summed E-state index contributed by atoms with van der Waals surface area (Å²) in [5, 5.41) is 1.03. The van der Waals surface area contributed by atoms with Gasteiger partial charge < -0.3 is 10.5 Å². The molecular formula is C23H38N2O. The largest absolute Gasteiger partial charge is 0.491 e. The van der Waals surface area contributed by atoms with Gasteiger partial charge >= 0.3 is 0 Å². The smallest absolute Gasteiger partial charge is 0.147 e. The van der Waals surface area contributed by atoms with Crippen LogP contribution < -0.4 is 10.5 Å². The Hall–Kier alpha value is -1.77. The Morgan fingerprint density at radius 3 is 2.08 bits per heavy atom. The van der Waals surface area contributed by atoms with Crippen LogP contribution in [0.25, 0.3) is 10.9 Å². The predicted octanol–water partition coefficient (Wildman–Crippen LogP) is 7.14. The molecule has 0 aliphatic rings. The molecule has 0 aliphatic carbocycles. The fraction of sp³-hybridized carbons (Fsp3) is 0.609. The van der Waals surface area contributed by atoms with Crippen LogP contribution in [-0.4, -0.2) is 11.6 Å². The molecule has 0 unspecified atom stereocenters. The van der Waals surface area contributed by atoms with Crippen molar-refractivity contribution in [2.45, 2.75) is 85.0 Å². The highest BCUT2D eigenvalue weighted by Gasteiger charge is 2.04. The zero-order chi connectivity index (χ0) is 19.0. The summed E-state index contributed by atoms with van der Waals surface area (Å²) in [7, 11) is 0. The Morgan fingerprint density at radius 2 is 1.46 bits per heavy atom. The zero-order valence-corrected chi connectivity index (χ0v) is 17.1. The molecule has 1 aromatic carbocycles. The summed E-state index contributed by atoms with van der Waals surface area (Å²) in [5.74, 6) is 0.794. The lowest BCUT2D eigenvalue weighted by atomic mass is 10.1. The molecule has 2 rings (SSSR count). The fourth-order valence-electron chi connectivity index (χ4n) is 2.86. The molecule has 3 nitrogen and oxygen atoms in total. The van der Waals surface area contributed by atoms with E-state index in [0.29, 0.717) is 0 Å². The molecule has 146 valence electrons. The maximum Gasteiger partial charge on any atom is 0.147 e. The van der Waals surface area contributed by atoms with Crippen LogP contribution in [0.1, 0.15) is 85.0 Å². The van der Waals surface area contributed by atoms with Crippen LogP contribution in [0, 0.1) is 0 Å². The van der Waals surface area contributed by atoms with Crippen molar-refractivity contribution in [1.29, 1.82) is 0 Å². The molecule has 26 heavy (non-hydrogen) atoms. The van der Waals surface area contributed by atoms with Gasteiger partial charge in [0.05, 0.1) is 6.61 Å². The quantitative estimate of drug-likeness (QED) is 0.343. The molecular weight excluding hydrogens is 320 g/mol. The first-order valence-corrected chi connectivity index (χ1v) is 10.5. The molecule has 1 heterocycles. The van der Waals surface area contributed by atoms with Gasteiger partial charge in [0.2, 0.25) is 0 Å². The second-order valence-corrected chi connectivity index (χ2v) is 6.92. The summed E-state index contributed by atoms with van der Waals surface area (Å²) in [6, 6.07) is 7.69. The normalized spacial score (nSPS) is 10.4. The molecule has 0 amide bonds. The number of anilines is 1. The number of nitrogens with two attached hydrogens (primary N) is 1. The van der Waals surface area contributed by atoms with Crippen LogP contribution in [0.5, 0.6) is 5.75 Å². The maximum absolute atomic E-state index is 5.87. The van der Waals surface area contributed by atoms with Gasteiger partial charge in [-0.2, -0.15) is 0 Å². The summed E-state index contributed by atoms with van der Waals surface area (Å²) < 4.78 is 5.80. The highest BCUT2D eigenvalue weighted by molar-refractivity contribution is 5.87. The first kappa shape index (κ1) is 22.3. The van der Waals surface area contributed by atoms with Crippen molar-refractivity contribution in [2.75, 3.05) is 12.3 Å². The van der Waals surface area contributed by atoms with E-state index in [0.717, 1.165) is 35.4 Å². The number of hydrogen-bond donors (Lipinski definition) is 1. The fourth-order valence-corrected chi connectivity index (χ4v) is 2.86. The standard InChI is InChI=1S/C15H20N2O.C8H18/c1-2-3-4-5-9-18-14-11-13(16)10-12-7-6-8-17-15(12)14;1-3-5-7-8-6-4-2/h6-8,10-11H,2-5,9,16H2,1H3;3-8H2,1-2H3. The van der Waals surface area contributed by atoms with E-state index in [-0.39, 0.29) is 0 Å². The molecule has 2 N–H and O–H groups in total. The van der Waals surface area contributed by atoms with Crippen molar-refractivity contribution in [3.8, 4) is 5.75 Å². The Kier molecular flexibility index (Phi) is 12.3. The number of hydrogen-bond acceptors (Lipinski definition) is 3. The summed E-state index contributed by atoms with van der Waals surface area (Å²) in [6.45, 7) is 7.45. The SMILES string of the molecule is CCCCCCCC.CCCCCCOc1cc(N)cc2cccnc12. The van der Waals surface area contributed by atoms with E-state index < -0.39 is 0 Å². The second kappa shape index (κ2) is 14.4. The van der Waals surface area contributed by atoms with Crippen LogP contribution in [0.3, 0.4) is 0 Å². The number of pyridine rings is 1. The van der Waals surface area contributed by atoms with E-state index >= 15 is 0 Å². The van der Waals surface area contributed by atoms with Gasteiger partial charge in [-0.1, -0.05) is 84.6 Å². The van der Waals surface area contributed by atoms with Gasteiger partial charge in [0.1, 0.15) is 11.3 Å². The van der Waals surface area contributed by atoms with Gasteiger partial charge in [0.15, 0.2) is 0 Å². The van der Waals surface area contributed by atoms with Crippen LogP contribution in [0.2, 0.25) is 0 Å². The number of rotatable bonds is 11. The minimum atomic E-state index is 0.721. The molecule has 0 aliphatic heterocycles. The Balaban J connectivity index is 0.000000359. The Morgan fingerprint density at radius 1 is 0.846 bits per heavy atom. The summed E-state index contributed by atoms with van der Waals surface area (Å²) in [5.41, 5.74) is 7.48. The molecule has 0 atom stereocenters. The van der Waals surface area contributed by atoms with E-state index in [2.05, 4.69) is 25.8 Å². The number of aromatic nitrogens is 1. The number of benzene rings is 1. The molecule has 0 saturated carbocycles. The van der Waals surface area contributed by atoms with Gasteiger partial charge in [0.25, 0.3) is 0 Å². The number of unbranched alkanes of at least 4 members (excludes halogenated alkanes) is 8. The molecule has 0 radical (unpaired) electrons.